The van der Waals surface area contributed by atoms with Crippen LogP contribution in [0.3, 0.4) is 0 Å². The number of pyridine rings is 1. The average Bonchev–Trinajstić information content (AvgIpc) is 3.62. The SMILES string of the molecule is C=CCSc1nnc(-c2ccncc2)n1N=Cc1cn(-c2ccccc2)nc1-c1cccs1. The number of thiophene rings is 1. The third-order valence-electron chi connectivity index (χ3n) is 4.71. The molecule has 4 heterocycles. The highest BCUT2D eigenvalue weighted by atomic mass is 32.2. The van der Waals surface area contributed by atoms with Crippen molar-refractivity contribution in [2.24, 2.45) is 5.10 Å². The van der Waals surface area contributed by atoms with Crippen LogP contribution in [-0.4, -0.2) is 41.6 Å². The van der Waals surface area contributed by atoms with Crippen molar-refractivity contribution in [2.45, 2.75) is 5.16 Å². The van der Waals surface area contributed by atoms with Gasteiger partial charge in [0.15, 0.2) is 5.82 Å². The van der Waals surface area contributed by atoms with Gasteiger partial charge >= 0.3 is 0 Å². The Morgan fingerprint density at radius 2 is 1.88 bits per heavy atom. The van der Waals surface area contributed by atoms with Gasteiger partial charge in [-0.25, -0.2) is 4.68 Å². The first-order valence-corrected chi connectivity index (χ1v) is 12.0. The predicted molar refractivity (Wildman–Crippen MR) is 134 cm³/mol. The van der Waals surface area contributed by atoms with E-state index in [2.05, 4.69) is 27.8 Å². The second kappa shape index (κ2) is 9.76. The second-order valence-electron chi connectivity index (χ2n) is 6.89. The van der Waals surface area contributed by atoms with E-state index in [1.807, 2.05) is 77.1 Å². The zero-order valence-electron chi connectivity index (χ0n) is 17.5. The summed E-state index contributed by atoms with van der Waals surface area (Å²) in [7, 11) is 0. The molecule has 33 heavy (non-hydrogen) atoms. The number of hydrogen-bond acceptors (Lipinski definition) is 7. The van der Waals surface area contributed by atoms with Gasteiger partial charge in [-0.2, -0.15) is 14.9 Å². The quantitative estimate of drug-likeness (QED) is 0.172. The van der Waals surface area contributed by atoms with Gasteiger partial charge in [0.1, 0.15) is 5.69 Å². The Hall–Kier alpha value is -3.82. The lowest BCUT2D eigenvalue weighted by Crippen LogP contribution is -1.97. The maximum atomic E-state index is 4.84. The molecule has 0 fully saturated rings. The molecule has 0 saturated carbocycles. The van der Waals surface area contributed by atoms with Crippen LogP contribution in [0.2, 0.25) is 0 Å². The van der Waals surface area contributed by atoms with Gasteiger partial charge in [-0.3, -0.25) is 4.98 Å². The highest BCUT2D eigenvalue weighted by molar-refractivity contribution is 7.99. The minimum atomic E-state index is 0.647. The molecule has 0 amide bonds. The molecule has 162 valence electrons. The molecule has 7 nitrogen and oxygen atoms in total. The maximum Gasteiger partial charge on any atom is 0.212 e. The van der Waals surface area contributed by atoms with Gasteiger partial charge in [0.2, 0.25) is 5.16 Å². The van der Waals surface area contributed by atoms with E-state index in [-0.39, 0.29) is 0 Å². The molecular formula is C24H19N7S2. The van der Waals surface area contributed by atoms with E-state index in [9.17, 15) is 0 Å². The largest absolute Gasteiger partial charge is 0.265 e. The summed E-state index contributed by atoms with van der Waals surface area (Å²) >= 11 is 3.17. The lowest BCUT2D eigenvalue weighted by molar-refractivity contribution is 0.773. The van der Waals surface area contributed by atoms with E-state index in [4.69, 9.17) is 10.2 Å². The van der Waals surface area contributed by atoms with Gasteiger partial charge in [0.05, 0.1) is 16.8 Å². The van der Waals surface area contributed by atoms with E-state index in [0.29, 0.717) is 16.7 Å². The van der Waals surface area contributed by atoms with Crippen LogP contribution in [0.4, 0.5) is 0 Å². The van der Waals surface area contributed by atoms with E-state index in [1.54, 1.807) is 28.4 Å². The summed E-state index contributed by atoms with van der Waals surface area (Å²) in [6, 6.07) is 17.9. The van der Waals surface area contributed by atoms with Crippen molar-refractivity contribution >= 4 is 29.3 Å². The minimum absolute atomic E-state index is 0.647. The van der Waals surface area contributed by atoms with E-state index in [1.165, 1.54) is 11.8 Å². The van der Waals surface area contributed by atoms with Crippen LogP contribution in [-0.2, 0) is 0 Å². The molecule has 9 heteroatoms. The Morgan fingerprint density at radius 1 is 1.03 bits per heavy atom. The molecule has 5 rings (SSSR count). The van der Waals surface area contributed by atoms with Gasteiger partial charge < -0.3 is 0 Å². The van der Waals surface area contributed by atoms with Crippen molar-refractivity contribution in [3.05, 3.63) is 96.8 Å². The molecule has 0 radical (unpaired) electrons. The van der Waals surface area contributed by atoms with Crippen molar-refractivity contribution in [1.82, 2.24) is 29.6 Å². The van der Waals surface area contributed by atoms with Gasteiger partial charge in [-0.15, -0.1) is 28.1 Å². The monoisotopic (exact) mass is 469 g/mol. The number of nitrogens with zero attached hydrogens (tertiary/aromatic N) is 7. The Kier molecular flexibility index (Phi) is 6.23. The van der Waals surface area contributed by atoms with Crippen LogP contribution in [0.25, 0.3) is 27.6 Å². The minimum Gasteiger partial charge on any atom is -0.265 e. The predicted octanol–water partition coefficient (Wildman–Crippen LogP) is 5.41. The van der Waals surface area contributed by atoms with Crippen molar-refractivity contribution < 1.29 is 0 Å². The normalized spacial score (nSPS) is 11.3. The molecule has 0 aliphatic heterocycles. The Morgan fingerprint density at radius 3 is 2.64 bits per heavy atom. The molecular weight excluding hydrogens is 450 g/mol. The topological polar surface area (TPSA) is 73.8 Å². The van der Waals surface area contributed by atoms with Gasteiger partial charge in [-0.1, -0.05) is 42.1 Å². The lowest BCUT2D eigenvalue weighted by Gasteiger charge is -2.03. The Bertz CT molecular complexity index is 1370. The second-order valence-corrected chi connectivity index (χ2v) is 8.82. The van der Waals surface area contributed by atoms with Gasteiger partial charge in [0, 0.05) is 35.5 Å². The van der Waals surface area contributed by atoms with Crippen molar-refractivity contribution in [2.75, 3.05) is 5.75 Å². The Labute approximate surface area is 199 Å². The summed E-state index contributed by atoms with van der Waals surface area (Å²) in [6.07, 6.45) is 9.09. The highest BCUT2D eigenvalue weighted by Crippen LogP contribution is 2.28. The third-order valence-corrected chi connectivity index (χ3v) is 6.50. The average molecular weight is 470 g/mol. The number of hydrogen-bond donors (Lipinski definition) is 0. The van der Waals surface area contributed by atoms with E-state index >= 15 is 0 Å². The molecule has 4 aromatic heterocycles. The smallest absolute Gasteiger partial charge is 0.212 e. The molecule has 0 atom stereocenters. The molecule has 0 spiro atoms. The van der Waals surface area contributed by atoms with E-state index in [0.717, 1.165) is 27.4 Å². The van der Waals surface area contributed by atoms with Crippen LogP contribution in [0.5, 0.6) is 0 Å². The molecule has 0 saturated heterocycles. The summed E-state index contributed by atoms with van der Waals surface area (Å²) in [5.74, 6) is 1.35. The number of benzene rings is 1. The summed E-state index contributed by atoms with van der Waals surface area (Å²) < 4.78 is 3.63. The molecule has 0 N–H and O–H groups in total. The summed E-state index contributed by atoms with van der Waals surface area (Å²) in [5.41, 5.74) is 3.64. The number of rotatable bonds is 8. The summed E-state index contributed by atoms with van der Waals surface area (Å²) in [4.78, 5) is 5.17. The van der Waals surface area contributed by atoms with E-state index < -0.39 is 0 Å². The first-order valence-electron chi connectivity index (χ1n) is 10.2. The van der Waals surface area contributed by atoms with Crippen LogP contribution >= 0.6 is 23.1 Å². The fourth-order valence-corrected chi connectivity index (χ4v) is 4.55. The lowest BCUT2D eigenvalue weighted by atomic mass is 10.2. The molecule has 0 bridgehead atoms. The van der Waals surface area contributed by atoms with Crippen LogP contribution in [0, 0.1) is 0 Å². The van der Waals surface area contributed by atoms with Crippen molar-refractivity contribution in [1.29, 1.82) is 0 Å². The zero-order chi connectivity index (χ0) is 22.5. The third kappa shape index (κ3) is 4.55. The zero-order valence-corrected chi connectivity index (χ0v) is 19.2. The van der Waals surface area contributed by atoms with Crippen LogP contribution in [0.1, 0.15) is 5.56 Å². The van der Waals surface area contributed by atoms with Crippen molar-refractivity contribution in [3.63, 3.8) is 0 Å². The van der Waals surface area contributed by atoms with Gasteiger partial charge in [-0.05, 0) is 35.7 Å². The maximum absolute atomic E-state index is 4.84. The number of aromatic nitrogens is 6. The van der Waals surface area contributed by atoms with Crippen LogP contribution in [0.15, 0.2) is 101 Å². The molecule has 0 aliphatic carbocycles. The number of para-hydroxylation sites is 1. The molecule has 0 unspecified atom stereocenters. The fourth-order valence-electron chi connectivity index (χ4n) is 3.19. The molecule has 1 aromatic carbocycles. The van der Waals surface area contributed by atoms with Crippen molar-refractivity contribution in [3.8, 4) is 27.6 Å². The Balaban J connectivity index is 1.58. The highest BCUT2D eigenvalue weighted by Gasteiger charge is 2.15. The van der Waals surface area contributed by atoms with Crippen LogP contribution < -0.4 is 0 Å². The number of thioether (sulfide) groups is 1. The molecule has 0 aliphatic rings. The van der Waals surface area contributed by atoms with Gasteiger partial charge in [0.25, 0.3) is 0 Å². The molecule has 5 aromatic rings. The fraction of sp³-hybridized carbons (Fsp3) is 0.0417. The summed E-state index contributed by atoms with van der Waals surface area (Å²) in [6.45, 7) is 3.80. The standard InChI is InChI=1S/C24H19N7S2/c1-2-14-33-24-28-27-23(18-10-12-25-13-11-18)31(24)26-16-19-17-30(20-7-4-3-5-8-20)29-22(19)21-9-6-15-32-21/h2-13,15-17H,1,14H2. The first kappa shape index (κ1) is 21.0. The first-order chi connectivity index (χ1) is 16.3. The summed E-state index contributed by atoms with van der Waals surface area (Å²) in [5, 5.41) is 21.1.